The van der Waals surface area contributed by atoms with Crippen molar-refractivity contribution in [2.24, 2.45) is 5.92 Å². The molecule has 0 bridgehead atoms. The normalized spacial score (nSPS) is 16.9. The van der Waals surface area contributed by atoms with Crippen molar-refractivity contribution in [3.05, 3.63) is 66.2 Å². The highest BCUT2D eigenvalue weighted by Crippen LogP contribution is 2.25. The van der Waals surface area contributed by atoms with Gasteiger partial charge in [0, 0.05) is 24.2 Å². The molecule has 1 atom stereocenters. The molecule has 0 radical (unpaired) electrons. The maximum Gasteiger partial charge on any atom is 0.311 e. The lowest BCUT2D eigenvalue weighted by Crippen LogP contribution is -2.27. The molecule has 2 aromatic rings. The van der Waals surface area contributed by atoms with E-state index in [1.807, 2.05) is 36.4 Å². The predicted octanol–water partition coefficient (Wildman–Crippen LogP) is 2.47. The van der Waals surface area contributed by atoms with Crippen molar-refractivity contribution in [3.8, 4) is 0 Å². The average Bonchev–Trinajstić information content (AvgIpc) is 3.02. The Morgan fingerprint density at radius 1 is 1.00 bits per heavy atom. The molecule has 1 amide bonds. The third-order valence-corrected chi connectivity index (χ3v) is 3.97. The first-order chi connectivity index (χ1) is 11.6. The highest BCUT2D eigenvalue weighted by molar-refractivity contribution is 6.00. The molecule has 1 heterocycles. The zero-order chi connectivity index (χ0) is 16.9. The van der Waals surface area contributed by atoms with Crippen LogP contribution in [0.2, 0.25) is 0 Å². The monoisotopic (exact) mass is 323 g/mol. The number of ether oxygens (including phenoxy) is 1. The van der Waals surface area contributed by atoms with Crippen molar-refractivity contribution in [1.82, 2.24) is 0 Å². The topological polar surface area (TPSA) is 63.7 Å². The van der Waals surface area contributed by atoms with E-state index < -0.39 is 11.9 Å². The van der Waals surface area contributed by atoms with E-state index in [9.17, 15) is 14.4 Å². The zero-order valence-corrected chi connectivity index (χ0v) is 13.1. The summed E-state index contributed by atoms with van der Waals surface area (Å²) < 4.78 is 5.11. The van der Waals surface area contributed by atoms with Gasteiger partial charge < -0.3 is 9.64 Å². The number of benzene rings is 2. The number of para-hydroxylation sites is 1. The van der Waals surface area contributed by atoms with E-state index in [4.69, 9.17) is 4.74 Å². The average molecular weight is 323 g/mol. The van der Waals surface area contributed by atoms with Crippen LogP contribution in [0.5, 0.6) is 0 Å². The maximum absolute atomic E-state index is 12.2. The standard InChI is InChI=1S/C19H17NO4/c21-17(14-7-3-1-4-8-14)13-24-19(23)15-11-18(22)20(12-15)16-9-5-2-6-10-16/h1-10,15H,11-13H2/t15-/m1/s1. The van der Waals surface area contributed by atoms with E-state index >= 15 is 0 Å². The number of esters is 1. The summed E-state index contributed by atoms with van der Waals surface area (Å²) in [7, 11) is 0. The minimum absolute atomic E-state index is 0.104. The fraction of sp³-hybridized carbons (Fsp3) is 0.211. The van der Waals surface area contributed by atoms with Crippen LogP contribution in [0.25, 0.3) is 0 Å². The number of hydrogen-bond acceptors (Lipinski definition) is 4. The first-order valence-electron chi connectivity index (χ1n) is 7.75. The molecule has 0 N–H and O–H groups in total. The van der Waals surface area contributed by atoms with Crippen LogP contribution in [0.3, 0.4) is 0 Å². The Balaban J connectivity index is 1.57. The number of amides is 1. The van der Waals surface area contributed by atoms with Gasteiger partial charge in [-0.3, -0.25) is 14.4 Å². The second kappa shape index (κ2) is 7.08. The van der Waals surface area contributed by atoms with Gasteiger partial charge in [0.2, 0.25) is 5.91 Å². The Kier molecular flexibility index (Phi) is 4.70. The number of rotatable bonds is 5. The Morgan fingerprint density at radius 2 is 1.62 bits per heavy atom. The molecular formula is C19H17NO4. The van der Waals surface area contributed by atoms with Gasteiger partial charge in [-0.1, -0.05) is 48.5 Å². The van der Waals surface area contributed by atoms with Crippen molar-refractivity contribution in [2.45, 2.75) is 6.42 Å². The fourth-order valence-electron chi connectivity index (χ4n) is 2.68. The van der Waals surface area contributed by atoms with E-state index in [0.717, 1.165) is 5.69 Å². The predicted molar refractivity (Wildman–Crippen MR) is 88.6 cm³/mol. The zero-order valence-electron chi connectivity index (χ0n) is 13.1. The summed E-state index contributed by atoms with van der Waals surface area (Å²) in [5.74, 6) is -1.42. The van der Waals surface area contributed by atoms with Crippen molar-refractivity contribution in [3.63, 3.8) is 0 Å². The quantitative estimate of drug-likeness (QED) is 0.626. The highest BCUT2D eigenvalue weighted by atomic mass is 16.5. The molecule has 1 fully saturated rings. The highest BCUT2D eigenvalue weighted by Gasteiger charge is 2.36. The number of carbonyl (C=O) groups is 3. The number of hydrogen-bond donors (Lipinski definition) is 0. The summed E-state index contributed by atoms with van der Waals surface area (Å²) in [4.78, 5) is 37.8. The van der Waals surface area contributed by atoms with Crippen molar-refractivity contribution in [2.75, 3.05) is 18.1 Å². The van der Waals surface area contributed by atoms with Gasteiger partial charge in [-0.25, -0.2) is 0 Å². The van der Waals surface area contributed by atoms with Gasteiger partial charge in [0.15, 0.2) is 12.4 Å². The molecule has 5 heteroatoms. The molecular weight excluding hydrogens is 306 g/mol. The van der Waals surface area contributed by atoms with Crippen LogP contribution in [0.15, 0.2) is 60.7 Å². The Hall–Kier alpha value is -2.95. The summed E-state index contributed by atoms with van der Waals surface area (Å²) in [6.07, 6.45) is 0.104. The molecule has 5 nitrogen and oxygen atoms in total. The van der Waals surface area contributed by atoms with Crippen molar-refractivity contribution >= 4 is 23.3 Å². The lowest BCUT2D eigenvalue weighted by molar-refractivity contribution is -0.147. The lowest BCUT2D eigenvalue weighted by Gasteiger charge is -2.16. The number of anilines is 1. The number of nitrogens with zero attached hydrogens (tertiary/aromatic N) is 1. The van der Waals surface area contributed by atoms with E-state index in [1.165, 1.54) is 0 Å². The Bertz CT molecular complexity index is 742. The van der Waals surface area contributed by atoms with E-state index in [2.05, 4.69) is 0 Å². The third-order valence-electron chi connectivity index (χ3n) is 3.97. The van der Waals surface area contributed by atoms with Gasteiger partial charge in [0.1, 0.15) is 0 Å². The van der Waals surface area contributed by atoms with Crippen LogP contribution in [-0.2, 0) is 14.3 Å². The van der Waals surface area contributed by atoms with Crippen LogP contribution in [-0.4, -0.2) is 30.8 Å². The molecule has 1 aliphatic rings. The summed E-state index contributed by atoms with van der Waals surface area (Å²) >= 11 is 0. The summed E-state index contributed by atoms with van der Waals surface area (Å²) in [6.45, 7) is -0.0277. The minimum atomic E-state index is -0.540. The molecule has 0 aromatic heterocycles. The fourth-order valence-corrected chi connectivity index (χ4v) is 2.68. The molecule has 0 spiro atoms. The van der Waals surface area contributed by atoms with Crippen molar-refractivity contribution in [1.29, 1.82) is 0 Å². The molecule has 1 saturated heterocycles. The van der Waals surface area contributed by atoms with Gasteiger partial charge in [0.25, 0.3) is 0 Å². The van der Waals surface area contributed by atoms with Gasteiger partial charge in [-0.05, 0) is 12.1 Å². The van der Waals surface area contributed by atoms with Gasteiger partial charge in [-0.15, -0.1) is 0 Å². The van der Waals surface area contributed by atoms with Gasteiger partial charge in [0.05, 0.1) is 5.92 Å². The Labute approximate surface area is 139 Å². The van der Waals surface area contributed by atoms with Gasteiger partial charge in [-0.2, -0.15) is 0 Å². The summed E-state index contributed by atoms with van der Waals surface area (Å²) in [5, 5.41) is 0. The first kappa shape index (κ1) is 15.9. The smallest absolute Gasteiger partial charge is 0.311 e. The van der Waals surface area contributed by atoms with Crippen LogP contribution in [0.1, 0.15) is 16.8 Å². The number of Topliss-reactive ketones (excluding diaryl/α,β-unsaturated/α-hetero) is 1. The second-order valence-electron chi connectivity index (χ2n) is 5.64. The molecule has 0 unspecified atom stereocenters. The van der Waals surface area contributed by atoms with Crippen molar-refractivity contribution < 1.29 is 19.1 Å². The minimum Gasteiger partial charge on any atom is -0.457 e. The SMILES string of the molecule is O=C(COC(=O)[C@@H]1CC(=O)N(c2ccccc2)C1)c1ccccc1. The third kappa shape index (κ3) is 3.51. The summed E-state index contributed by atoms with van der Waals surface area (Å²) in [6, 6.07) is 17.9. The molecule has 24 heavy (non-hydrogen) atoms. The number of carbonyl (C=O) groups excluding carboxylic acids is 3. The molecule has 1 aliphatic heterocycles. The molecule has 0 saturated carbocycles. The second-order valence-corrected chi connectivity index (χ2v) is 5.64. The van der Waals surface area contributed by atoms with Crippen LogP contribution in [0, 0.1) is 5.92 Å². The largest absolute Gasteiger partial charge is 0.457 e. The van der Waals surface area contributed by atoms with Crippen LogP contribution in [0.4, 0.5) is 5.69 Å². The molecule has 3 rings (SSSR count). The molecule has 0 aliphatic carbocycles. The maximum atomic E-state index is 12.2. The Morgan fingerprint density at radius 3 is 2.29 bits per heavy atom. The van der Waals surface area contributed by atoms with Gasteiger partial charge >= 0.3 is 5.97 Å². The summed E-state index contributed by atoms with van der Waals surface area (Å²) in [5.41, 5.74) is 1.26. The lowest BCUT2D eigenvalue weighted by atomic mass is 10.1. The van der Waals surface area contributed by atoms with E-state index in [0.29, 0.717) is 5.56 Å². The first-order valence-corrected chi connectivity index (χ1v) is 7.75. The van der Waals surface area contributed by atoms with E-state index in [-0.39, 0.29) is 31.3 Å². The van der Waals surface area contributed by atoms with Crippen LogP contribution < -0.4 is 4.90 Å². The van der Waals surface area contributed by atoms with E-state index in [1.54, 1.807) is 29.2 Å². The number of ketones is 1. The van der Waals surface area contributed by atoms with Crippen LogP contribution >= 0.6 is 0 Å². The molecule has 2 aromatic carbocycles. The molecule has 122 valence electrons.